The van der Waals surface area contributed by atoms with Gasteiger partial charge in [0.15, 0.2) is 0 Å². The van der Waals surface area contributed by atoms with Gasteiger partial charge in [-0.25, -0.2) is 0 Å². The number of para-hydroxylation sites is 4. The number of hydrogen-bond acceptors (Lipinski definition) is 4. The third-order valence-corrected chi connectivity index (χ3v) is 5.03. The van der Waals surface area contributed by atoms with Gasteiger partial charge in [0, 0.05) is 25.9 Å². The standard InChI is InChI=1S/C24H32N2O4/c1-6-25(19-12-8-10-14-21(19)29-4)23(27)16-18(3)17-24(28)26(7-2)20-13-9-11-15-22(20)30-5/h8-15,18H,6-7,16-17H2,1-5H3. The molecular weight excluding hydrogens is 380 g/mol. The van der Waals surface area contributed by atoms with E-state index in [1.54, 1.807) is 24.0 Å². The first-order chi connectivity index (χ1) is 14.5. The van der Waals surface area contributed by atoms with Crippen molar-refractivity contribution < 1.29 is 19.1 Å². The Kier molecular flexibility index (Phi) is 8.71. The lowest BCUT2D eigenvalue weighted by Crippen LogP contribution is -2.35. The first-order valence-electron chi connectivity index (χ1n) is 10.3. The maximum absolute atomic E-state index is 13.0. The molecule has 162 valence electrons. The van der Waals surface area contributed by atoms with Gasteiger partial charge in [-0.05, 0) is 44.0 Å². The number of benzene rings is 2. The van der Waals surface area contributed by atoms with E-state index < -0.39 is 0 Å². The molecule has 0 spiro atoms. The zero-order valence-electron chi connectivity index (χ0n) is 18.6. The molecule has 6 nitrogen and oxygen atoms in total. The molecular formula is C24H32N2O4. The number of anilines is 2. The van der Waals surface area contributed by atoms with Gasteiger partial charge in [-0.1, -0.05) is 31.2 Å². The van der Waals surface area contributed by atoms with Crippen LogP contribution >= 0.6 is 0 Å². The molecule has 0 aromatic heterocycles. The highest BCUT2D eigenvalue weighted by molar-refractivity contribution is 5.97. The quantitative estimate of drug-likeness (QED) is 0.575. The molecule has 6 heteroatoms. The summed E-state index contributed by atoms with van der Waals surface area (Å²) in [6.45, 7) is 6.85. The van der Waals surface area contributed by atoms with Crippen molar-refractivity contribution in [2.24, 2.45) is 5.92 Å². The van der Waals surface area contributed by atoms with Crippen LogP contribution in [-0.2, 0) is 9.59 Å². The monoisotopic (exact) mass is 412 g/mol. The molecule has 0 aliphatic rings. The number of carbonyl (C=O) groups excluding carboxylic acids is 2. The SMILES string of the molecule is CCN(C(=O)CC(C)CC(=O)N(CC)c1ccccc1OC)c1ccccc1OC. The summed E-state index contributed by atoms with van der Waals surface area (Å²) in [5, 5.41) is 0. The first-order valence-corrected chi connectivity index (χ1v) is 10.3. The first kappa shape index (κ1) is 23.3. The number of methoxy groups -OCH3 is 2. The maximum atomic E-state index is 13.0. The molecule has 2 amide bonds. The van der Waals surface area contributed by atoms with Gasteiger partial charge in [-0.2, -0.15) is 0 Å². The van der Waals surface area contributed by atoms with E-state index in [-0.39, 0.29) is 30.6 Å². The molecule has 0 aliphatic carbocycles. The van der Waals surface area contributed by atoms with Crippen LogP contribution in [0.4, 0.5) is 11.4 Å². The van der Waals surface area contributed by atoms with Gasteiger partial charge in [-0.15, -0.1) is 0 Å². The second-order valence-electron chi connectivity index (χ2n) is 7.13. The highest BCUT2D eigenvalue weighted by Gasteiger charge is 2.24. The summed E-state index contributed by atoms with van der Waals surface area (Å²) in [5.74, 6) is 1.16. The number of ether oxygens (including phenoxy) is 2. The van der Waals surface area contributed by atoms with Crippen LogP contribution < -0.4 is 19.3 Å². The highest BCUT2D eigenvalue weighted by atomic mass is 16.5. The average Bonchev–Trinajstić information content (AvgIpc) is 2.75. The number of hydrogen-bond donors (Lipinski definition) is 0. The Morgan fingerprint density at radius 1 is 0.767 bits per heavy atom. The molecule has 2 rings (SSSR count). The van der Waals surface area contributed by atoms with E-state index in [0.29, 0.717) is 24.6 Å². The third kappa shape index (κ3) is 5.53. The molecule has 30 heavy (non-hydrogen) atoms. The van der Waals surface area contributed by atoms with E-state index in [1.807, 2.05) is 69.3 Å². The molecule has 0 saturated carbocycles. The second kappa shape index (κ2) is 11.2. The summed E-state index contributed by atoms with van der Waals surface area (Å²) >= 11 is 0. The lowest BCUT2D eigenvalue weighted by atomic mass is 10.0. The molecule has 0 aliphatic heterocycles. The van der Waals surface area contributed by atoms with Crippen LogP contribution in [0, 0.1) is 5.92 Å². The molecule has 0 fully saturated rings. The average molecular weight is 413 g/mol. The molecule has 0 radical (unpaired) electrons. The van der Waals surface area contributed by atoms with Gasteiger partial charge in [0.05, 0.1) is 25.6 Å². The smallest absolute Gasteiger partial charge is 0.227 e. The van der Waals surface area contributed by atoms with Crippen LogP contribution in [0.2, 0.25) is 0 Å². The minimum Gasteiger partial charge on any atom is -0.495 e. The van der Waals surface area contributed by atoms with Crippen LogP contribution in [0.1, 0.15) is 33.6 Å². The van der Waals surface area contributed by atoms with Crippen molar-refractivity contribution in [3.63, 3.8) is 0 Å². The second-order valence-corrected chi connectivity index (χ2v) is 7.13. The zero-order chi connectivity index (χ0) is 22.1. The summed E-state index contributed by atoms with van der Waals surface area (Å²) in [6, 6.07) is 14.9. The number of amides is 2. The van der Waals surface area contributed by atoms with Crippen LogP contribution in [0.3, 0.4) is 0 Å². The Bertz CT molecular complexity index is 783. The van der Waals surface area contributed by atoms with Gasteiger partial charge in [0.25, 0.3) is 0 Å². The lowest BCUT2D eigenvalue weighted by molar-refractivity contribution is -0.121. The molecule has 0 saturated heterocycles. The van der Waals surface area contributed by atoms with Gasteiger partial charge in [0.1, 0.15) is 11.5 Å². The molecule has 2 aromatic rings. The summed E-state index contributed by atoms with van der Waals surface area (Å²) in [6.07, 6.45) is 0.558. The van der Waals surface area contributed by atoms with Crippen LogP contribution in [0.25, 0.3) is 0 Å². The molecule has 0 bridgehead atoms. The molecule has 0 unspecified atom stereocenters. The minimum atomic E-state index is -0.0995. The van der Waals surface area contributed by atoms with Crippen molar-refractivity contribution in [2.45, 2.75) is 33.6 Å². The summed E-state index contributed by atoms with van der Waals surface area (Å²) in [7, 11) is 3.19. The fraction of sp³-hybridized carbons (Fsp3) is 0.417. The number of nitrogens with zero attached hydrogens (tertiary/aromatic N) is 2. The van der Waals surface area contributed by atoms with Gasteiger partial charge < -0.3 is 19.3 Å². The third-order valence-electron chi connectivity index (χ3n) is 5.03. The summed E-state index contributed by atoms with van der Waals surface area (Å²) in [5.41, 5.74) is 1.49. The predicted molar refractivity (Wildman–Crippen MR) is 120 cm³/mol. The summed E-state index contributed by atoms with van der Waals surface area (Å²) in [4.78, 5) is 29.4. The van der Waals surface area contributed by atoms with Crippen molar-refractivity contribution in [3.8, 4) is 11.5 Å². The molecule has 0 N–H and O–H groups in total. The Morgan fingerprint density at radius 3 is 1.47 bits per heavy atom. The molecule has 2 aromatic carbocycles. The zero-order valence-corrected chi connectivity index (χ0v) is 18.6. The van der Waals surface area contributed by atoms with Crippen molar-refractivity contribution in [1.82, 2.24) is 0 Å². The van der Waals surface area contributed by atoms with E-state index in [9.17, 15) is 9.59 Å². The lowest BCUT2D eigenvalue weighted by Gasteiger charge is -2.26. The van der Waals surface area contributed by atoms with E-state index in [0.717, 1.165) is 11.4 Å². The van der Waals surface area contributed by atoms with Gasteiger partial charge >= 0.3 is 0 Å². The fourth-order valence-corrected chi connectivity index (χ4v) is 3.56. The maximum Gasteiger partial charge on any atom is 0.227 e. The van der Waals surface area contributed by atoms with Crippen molar-refractivity contribution in [2.75, 3.05) is 37.1 Å². The van der Waals surface area contributed by atoms with E-state index >= 15 is 0 Å². The van der Waals surface area contributed by atoms with Crippen LogP contribution in [0.5, 0.6) is 11.5 Å². The van der Waals surface area contributed by atoms with Crippen LogP contribution in [0.15, 0.2) is 48.5 Å². The van der Waals surface area contributed by atoms with E-state index in [2.05, 4.69) is 0 Å². The number of carbonyl (C=O) groups is 2. The van der Waals surface area contributed by atoms with E-state index in [4.69, 9.17) is 9.47 Å². The van der Waals surface area contributed by atoms with Crippen molar-refractivity contribution >= 4 is 23.2 Å². The largest absolute Gasteiger partial charge is 0.495 e. The summed E-state index contributed by atoms with van der Waals surface area (Å²) < 4.78 is 10.8. The Hall–Kier alpha value is -3.02. The Labute approximate surface area is 179 Å². The van der Waals surface area contributed by atoms with Crippen LogP contribution in [-0.4, -0.2) is 39.1 Å². The Balaban J connectivity index is 2.08. The number of rotatable bonds is 10. The fourth-order valence-electron chi connectivity index (χ4n) is 3.56. The van der Waals surface area contributed by atoms with Gasteiger partial charge in [-0.3, -0.25) is 9.59 Å². The Morgan fingerprint density at radius 2 is 1.13 bits per heavy atom. The topological polar surface area (TPSA) is 59.1 Å². The van der Waals surface area contributed by atoms with Crippen molar-refractivity contribution in [1.29, 1.82) is 0 Å². The van der Waals surface area contributed by atoms with Gasteiger partial charge in [0.2, 0.25) is 11.8 Å². The minimum absolute atomic E-state index is 0.0253. The highest BCUT2D eigenvalue weighted by Crippen LogP contribution is 2.30. The molecule has 0 atom stereocenters. The predicted octanol–water partition coefficient (Wildman–Crippen LogP) is 4.53. The van der Waals surface area contributed by atoms with Crippen molar-refractivity contribution in [3.05, 3.63) is 48.5 Å². The normalized spacial score (nSPS) is 10.6. The van der Waals surface area contributed by atoms with E-state index in [1.165, 1.54) is 0 Å². The molecule has 0 heterocycles.